The molecule has 1 amide bonds. The zero-order valence-corrected chi connectivity index (χ0v) is 13.7. The fourth-order valence-electron chi connectivity index (χ4n) is 2.24. The third kappa shape index (κ3) is 3.17. The molecule has 0 fully saturated rings. The zero-order valence-electron chi connectivity index (χ0n) is 12.8. The maximum atomic E-state index is 13.8. The van der Waals surface area contributed by atoms with Crippen molar-refractivity contribution < 1.29 is 9.18 Å². The second-order valence-corrected chi connectivity index (χ2v) is 6.13. The van der Waals surface area contributed by atoms with Crippen molar-refractivity contribution in [1.29, 1.82) is 0 Å². The van der Waals surface area contributed by atoms with Crippen LogP contribution < -0.4 is 5.32 Å². The van der Waals surface area contributed by atoms with E-state index in [4.69, 9.17) is 0 Å². The first-order valence-electron chi connectivity index (χ1n) is 7.29. The summed E-state index contributed by atoms with van der Waals surface area (Å²) in [4.78, 5) is 17.5. The van der Waals surface area contributed by atoms with E-state index >= 15 is 0 Å². The number of carbonyl (C=O) groups excluding carboxylic acids is 1. The van der Waals surface area contributed by atoms with E-state index in [1.165, 1.54) is 17.4 Å². The molecule has 23 heavy (non-hydrogen) atoms. The number of rotatable bonds is 4. The lowest BCUT2D eigenvalue weighted by molar-refractivity contribution is 0.102. The quantitative estimate of drug-likeness (QED) is 0.780. The molecule has 0 aliphatic heterocycles. The number of carbonyl (C=O) groups is 1. The molecule has 4 nitrogen and oxygen atoms in total. The minimum atomic E-state index is -0.447. The predicted molar refractivity (Wildman–Crippen MR) is 89.9 cm³/mol. The second kappa shape index (κ2) is 6.34. The number of amides is 1. The molecule has 0 saturated heterocycles. The molecular formula is C17H16FN3OS. The molecule has 118 valence electrons. The van der Waals surface area contributed by atoms with Crippen LogP contribution in [-0.4, -0.2) is 15.5 Å². The first-order chi connectivity index (χ1) is 11.1. The summed E-state index contributed by atoms with van der Waals surface area (Å²) in [6.45, 7) is 3.79. The van der Waals surface area contributed by atoms with Gasteiger partial charge in [-0.25, -0.2) is 9.37 Å². The molecule has 2 aromatic heterocycles. The van der Waals surface area contributed by atoms with Gasteiger partial charge in [0.25, 0.3) is 5.91 Å². The van der Waals surface area contributed by atoms with Crippen LogP contribution in [0.4, 0.5) is 10.1 Å². The van der Waals surface area contributed by atoms with E-state index in [1.807, 2.05) is 42.9 Å². The topological polar surface area (TPSA) is 46.9 Å². The molecule has 6 heteroatoms. The van der Waals surface area contributed by atoms with Crippen LogP contribution in [0.1, 0.15) is 27.9 Å². The van der Waals surface area contributed by atoms with Crippen LogP contribution in [0.3, 0.4) is 0 Å². The van der Waals surface area contributed by atoms with Gasteiger partial charge in [-0.2, -0.15) is 0 Å². The van der Waals surface area contributed by atoms with Gasteiger partial charge >= 0.3 is 0 Å². The zero-order chi connectivity index (χ0) is 16.4. The Balaban J connectivity index is 1.91. The predicted octanol–water partition coefficient (Wildman–Crippen LogP) is 4.20. The van der Waals surface area contributed by atoms with Crippen molar-refractivity contribution in [3.05, 3.63) is 64.7 Å². The van der Waals surface area contributed by atoms with Crippen molar-refractivity contribution in [3.8, 4) is 5.13 Å². The molecular weight excluding hydrogens is 313 g/mol. The lowest BCUT2D eigenvalue weighted by Crippen LogP contribution is -2.13. The Labute approximate surface area is 137 Å². The van der Waals surface area contributed by atoms with Crippen LogP contribution in [0.2, 0.25) is 0 Å². The second-order valence-electron chi connectivity index (χ2n) is 5.15. The van der Waals surface area contributed by atoms with Crippen LogP contribution in [0.5, 0.6) is 0 Å². The average Bonchev–Trinajstić information content (AvgIpc) is 3.19. The van der Waals surface area contributed by atoms with Gasteiger partial charge in [0, 0.05) is 12.4 Å². The summed E-state index contributed by atoms with van der Waals surface area (Å²) in [6.07, 6.45) is 4.39. The van der Waals surface area contributed by atoms with Crippen molar-refractivity contribution in [2.75, 3.05) is 5.32 Å². The maximum absolute atomic E-state index is 13.8. The highest BCUT2D eigenvalue weighted by molar-refractivity contribution is 7.16. The van der Waals surface area contributed by atoms with Crippen LogP contribution in [0.15, 0.2) is 42.7 Å². The van der Waals surface area contributed by atoms with Gasteiger partial charge in [0.2, 0.25) is 0 Å². The molecule has 1 aromatic carbocycles. The van der Waals surface area contributed by atoms with Gasteiger partial charge in [-0.15, -0.1) is 0 Å². The van der Waals surface area contributed by atoms with Gasteiger partial charge < -0.3 is 9.88 Å². The summed E-state index contributed by atoms with van der Waals surface area (Å²) in [7, 11) is 0. The highest BCUT2D eigenvalue weighted by atomic mass is 32.1. The van der Waals surface area contributed by atoms with E-state index < -0.39 is 5.82 Å². The van der Waals surface area contributed by atoms with Crippen LogP contribution in [0.25, 0.3) is 5.13 Å². The third-order valence-electron chi connectivity index (χ3n) is 3.42. The highest BCUT2D eigenvalue weighted by Gasteiger charge is 2.19. The fourth-order valence-corrected chi connectivity index (χ4v) is 3.26. The molecule has 0 atom stereocenters. The number of aryl methyl sites for hydroxylation is 2. The molecule has 2 heterocycles. The highest BCUT2D eigenvalue weighted by Crippen LogP contribution is 2.25. The monoisotopic (exact) mass is 329 g/mol. The standard InChI is InChI=1S/C17H16FN3OS/c1-3-13-15(23-17(20-13)21-8-4-5-9-21)16(22)19-14-10-11(2)6-7-12(14)18/h4-10H,3H2,1-2H3,(H,19,22). The van der Waals surface area contributed by atoms with E-state index in [1.54, 1.807) is 12.1 Å². The summed E-state index contributed by atoms with van der Waals surface area (Å²) in [5.74, 6) is -0.778. The van der Waals surface area contributed by atoms with Crippen LogP contribution in [-0.2, 0) is 6.42 Å². The van der Waals surface area contributed by atoms with E-state index in [-0.39, 0.29) is 11.6 Å². The lowest BCUT2D eigenvalue weighted by atomic mass is 10.2. The van der Waals surface area contributed by atoms with Crippen molar-refractivity contribution in [2.45, 2.75) is 20.3 Å². The Morgan fingerprint density at radius 1 is 1.35 bits per heavy atom. The molecule has 0 bridgehead atoms. The minimum Gasteiger partial charge on any atom is -0.319 e. The number of hydrogen-bond donors (Lipinski definition) is 1. The smallest absolute Gasteiger partial charge is 0.267 e. The summed E-state index contributed by atoms with van der Waals surface area (Å²) in [6, 6.07) is 8.43. The number of nitrogens with zero attached hydrogens (tertiary/aromatic N) is 2. The van der Waals surface area contributed by atoms with Gasteiger partial charge in [0.15, 0.2) is 5.13 Å². The molecule has 1 N–H and O–H groups in total. The summed E-state index contributed by atoms with van der Waals surface area (Å²) in [5, 5.41) is 3.37. The SMILES string of the molecule is CCc1nc(-n2cccc2)sc1C(=O)Nc1cc(C)ccc1F. The van der Waals surface area contributed by atoms with E-state index in [9.17, 15) is 9.18 Å². The molecule has 0 aliphatic rings. The maximum Gasteiger partial charge on any atom is 0.267 e. The molecule has 0 radical (unpaired) electrons. The van der Waals surface area contributed by atoms with Gasteiger partial charge in [0.05, 0.1) is 11.4 Å². The summed E-state index contributed by atoms with van der Waals surface area (Å²) in [5.41, 5.74) is 1.78. The van der Waals surface area contributed by atoms with Crippen molar-refractivity contribution in [3.63, 3.8) is 0 Å². The Morgan fingerprint density at radius 3 is 2.78 bits per heavy atom. The molecule has 0 unspecified atom stereocenters. The molecule has 0 spiro atoms. The molecule has 0 aliphatic carbocycles. The third-order valence-corrected chi connectivity index (χ3v) is 4.53. The fraction of sp³-hybridized carbons (Fsp3) is 0.176. The van der Waals surface area contributed by atoms with Gasteiger partial charge in [-0.1, -0.05) is 24.3 Å². The van der Waals surface area contributed by atoms with Gasteiger partial charge in [-0.05, 0) is 43.2 Å². The number of hydrogen-bond acceptors (Lipinski definition) is 3. The van der Waals surface area contributed by atoms with Gasteiger partial charge in [0.1, 0.15) is 10.7 Å². The average molecular weight is 329 g/mol. The van der Waals surface area contributed by atoms with Crippen molar-refractivity contribution in [1.82, 2.24) is 9.55 Å². The van der Waals surface area contributed by atoms with Gasteiger partial charge in [-0.3, -0.25) is 4.79 Å². The van der Waals surface area contributed by atoms with Crippen LogP contribution in [0, 0.1) is 12.7 Å². The number of nitrogens with one attached hydrogen (secondary N) is 1. The summed E-state index contributed by atoms with van der Waals surface area (Å²) >= 11 is 1.30. The number of benzene rings is 1. The number of aromatic nitrogens is 2. The van der Waals surface area contributed by atoms with E-state index in [0.29, 0.717) is 17.0 Å². The Morgan fingerprint density at radius 2 is 2.09 bits per heavy atom. The molecule has 3 rings (SSSR count). The largest absolute Gasteiger partial charge is 0.319 e. The lowest BCUT2D eigenvalue weighted by Gasteiger charge is -2.06. The van der Waals surface area contributed by atoms with Crippen molar-refractivity contribution >= 4 is 22.9 Å². The normalized spacial score (nSPS) is 10.7. The minimum absolute atomic E-state index is 0.188. The van der Waals surface area contributed by atoms with Crippen LogP contribution >= 0.6 is 11.3 Å². The van der Waals surface area contributed by atoms with Crippen molar-refractivity contribution in [2.24, 2.45) is 0 Å². The van der Waals surface area contributed by atoms with E-state index in [0.717, 1.165) is 10.7 Å². The number of halogens is 1. The summed E-state index contributed by atoms with van der Waals surface area (Å²) < 4.78 is 15.7. The Bertz CT molecular complexity index is 840. The van der Waals surface area contributed by atoms with E-state index in [2.05, 4.69) is 10.3 Å². The Kier molecular flexibility index (Phi) is 4.25. The first-order valence-corrected chi connectivity index (χ1v) is 8.10. The number of thiazole rings is 1. The molecule has 0 saturated carbocycles. The Hall–Kier alpha value is -2.47. The number of anilines is 1. The first kappa shape index (κ1) is 15.4. The molecule has 3 aromatic rings.